The van der Waals surface area contributed by atoms with E-state index in [-0.39, 0.29) is 10.1 Å². The molecule has 0 bridgehead atoms. The second-order valence-corrected chi connectivity index (χ2v) is 6.97. The van der Waals surface area contributed by atoms with Gasteiger partial charge in [-0.25, -0.2) is 18.2 Å². The molecule has 0 atom stereocenters. The summed E-state index contributed by atoms with van der Waals surface area (Å²) in [5.41, 5.74) is 1.04. The molecule has 0 aliphatic carbocycles. The standard InChI is InChI=1S/C11H10N2O3S2/c1-2-5-18(15,16)11-13-9-4-3-8(12-7-14)6-10(9)17-11/h3-4,6H,2,5H2,1H3. The molecule has 2 aromatic rings. The molecule has 5 nitrogen and oxygen atoms in total. The van der Waals surface area contributed by atoms with Gasteiger partial charge in [0.15, 0.2) is 0 Å². The summed E-state index contributed by atoms with van der Waals surface area (Å²) in [5.74, 6) is 0.0895. The molecule has 0 N–H and O–H groups in total. The summed E-state index contributed by atoms with van der Waals surface area (Å²) in [5, 5.41) is 0. The van der Waals surface area contributed by atoms with Crippen LogP contribution in [0.3, 0.4) is 0 Å². The molecule has 18 heavy (non-hydrogen) atoms. The lowest BCUT2D eigenvalue weighted by atomic mass is 10.3. The molecule has 0 radical (unpaired) electrons. The van der Waals surface area contributed by atoms with Crippen LogP contribution in [0.4, 0.5) is 5.69 Å². The molecule has 1 aromatic heterocycles. The van der Waals surface area contributed by atoms with Crippen molar-refractivity contribution in [1.29, 1.82) is 0 Å². The average Bonchev–Trinajstić information content (AvgIpc) is 2.73. The Morgan fingerprint density at radius 2 is 2.22 bits per heavy atom. The van der Waals surface area contributed by atoms with Crippen LogP contribution in [0.1, 0.15) is 13.3 Å². The van der Waals surface area contributed by atoms with Gasteiger partial charge in [0.25, 0.3) is 0 Å². The van der Waals surface area contributed by atoms with Gasteiger partial charge in [-0.15, -0.1) is 11.3 Å². The molecule has 1 heterocycles. The first-order chi connectivity index (χ1) is 8.56. The fourth-order valence-corrected chi connectivity index (χ4v) is 4.21. The number of benzene rings is 1. The van der Waals surface area contributed by atoms with Crippen molar-refractivity contribution in [2.45, 2.75) is 17.7 Å². The smallest absolute Gasteiger partial charge is 0.225 e. The molecule has 0 unspecified atom stereocenters. The van der Waals surface area contributed by atoms with Crippen molar-refractivity contribution in [3.05, 3.63) is 18.2 Å². The van der Waals surface area contributed by atoms with Crippen molar-refractivity contribution in [2.75, 3.05) is 5.75 Å². The summed E-state index contributed by atoms with van der Waals surface area (Å²) in [4.78, 5) is 17.7. The third-order valence-electron chi connectivity index (χ3n) is 2.27. The van der Waals surface area contributed by atoms with Crippen molar-refractivity contribution in [1.82, 2.24) is 4.98 Å². The quantitative estimate of drug-likeness (QED) is 0.637. The third kappa shape index (κ3) is 2.48. The van der Waals surface area contributed by atoms with E-state index in [0.29, 0.717) is 22.3 Å². The van der Waals surface area contributed by atoms with Crippen molar-refractivity contribution in [3.8, 4) is 0 Å². The van der Waals surface area contributed by atoms with E-state index >= 15 is 0 Å². The lowest BCUT2D eigenvalue weighted by molar-refractivity contribution is 0.565. The molecule has 0 aliphatic heterocycles. The molecular weight excluding hydrogens is 272 g/mol. The van der Waals surface area contributed by atoms with Gasteiger partial charge in [-0.1, -0.05) is 6.92 Å². The normalized spacial score (nSPS) is 11.4. The molecule has 0 aliphatic rings. The summed E-state index contributed by atoms with van der Waals surface area (Å²) < 4.78 is 24.6. The maximum absolute atomic E-state index is 11.9. The molecule has 0 spiro atoms. The maximum atomic E-state index is 11.9. The fraction of sp³-hybridized carbons (Fsp3) is 0.273. The fourth-order valence-electron chi connectivity index (χ4n) is 1.50. The zero-order valence-electron chi connectivity index (χ0n) is 9.58. The molecule has 0 saturated carbocycles. The largest absolute Gasteiger partial charge is 0.240 e. The van der Waals surface area contributed by atoms with Crippen LogP contribution in [0.2, 0.25) is 0 Å². The zero-order chi connectivity index (χ0) is 13.2. The van der Waals surface area contributed by atoms with Gasteiger partial charge in [-0.05, 0) is 24.6 Å². The van der Waals surface area contributed by atoms with Crippen LogP contribution in [-0.4, -0.2) is 25.2 Å². The van der Waals surface area contributed by atoms with Gasteiger partial charge in [0.05, 0.1) is 21.7 Å². The monoisotopic (exact) mass is 282 g/mol. The molecule has 1 aromatic carbocycles. The second-order valence-electron chi connectivity index (χ2n) is 3.65. The highest BCUT2D eigenvalue weighted by Gasteiger charge is 2.18. The third-order valence-corrected chi connectivity index (χ3v) is 5.66. The van der Waals surface area contributed by atoms with Crippen molar-refractivity contribution in [3.63, 3.8) is 0 Å². The summed E-state index contributed by atoms with van der Waals surface area (Å²) >= 11 is 1.10. The summed E-state index contributed by atoms with van der Waals surface area (Å²) in [6.07, 6.45) is 2.00. The average molecular weight is 282 g/mol. The van der Waals surface area contributed by atoms with Gasteiger partial charge < -0.3 is 0 Å². The number of hydrogen-bond donors (Lipinski definition) is 0. The lowest BCUT2D eigenvalue weighted by Crippen LogP contribution is -2.04. The number of aromatic nitrogens is 1. The van der Waals surface area contributed by atoms with Gasteiger partial charge >= 0.3 is 0 Å². The van der Waals surface area contributed by atoms with E-state index in [4.69, 9.17) is 0 Å². The van der Waals surface area contributed by atoms with Gasteiger partial charge in [-0.2, -0.15) is 4.99 Å². The zero-order valence-corrected chi connectivity index (χ0v) is 11.2. The van der Waals surface area contributed by atoms with Crippen molar-refractivity contribution in [2.24, 2.45) is 4.99 Å². The van der Waals surface area contributed by atoms with Crippen LogP contribution >= 0.6 is 11.3 Å². The van der Waals surface area contributed by atoms with Gasteiger partial charge in [-0.3, -0.25) is 0 Å². The first-order valence-electron chi connectivity index (χ1n) is 5.28. The number of fused-ring (bicyclic) bond motifs is 1. The van der Waals surface area contributed by atoms with Crippen LogP contribution in [-0.2, 0) is 14.6 Å². The predicted molar refractivity (Wildman–Crippen MR) is 69.7 cm³/mol. The van der Waals surface area contributed by atoms with Crippen LogP contribution in [0, 0.1) is 0 Å². The van der Waals surface area contributed by atoms with E-state index < -0.39 is 9.84 Å². The number of hydrogen-bond acceptors (Lipinski definition) is 6. The minimum Gasteiger partial charge on any atom is -0.225 e. The number of sulfone groups is 1. The van der Waals surface area contributed by atoms with Crippen LogP contribution in [0.5, 0.6) is 0 Å². The number of thiazole rings is 1. The number of nitrogens with zero attached hydrogens (tertiary/aromatic N) is 2. The maximum Gasteiger partial charge on any atom is 0.240 e. The Morgan fingerprint density at radius 3 is 2.89 bits per heavy atom. The SMILES string of the molecule is CCCS(=O)(=O)c1nc2ccc(N=C=O)cc2s1. The summed E-state index contributed by atoms with van der Waals surface area (Å²) in [6, 6.07) is 4.87. The highest BCUT2D eigenvalue weighted by molar-refractivity contribution is 7.93. The number of carbonyl (C=O) groups excluding carboxylic acids is 1. The highest BCUT2D eigenvalue weighted by atomic mass is 32.2. The first-order valence-corrected chi connectivity index (χ1v) is 7.75. The van der Waals surface area contributed by atoms with Crippen molar-refractivity contribution >= 4 is 43.2 Å². The van der Waals surface area contributed by atoms with Crippen molar-refractivity contribution < 1.29 is 13.2 Å². The van der Waals surface area contributed by atoms with Crippen LogP contribution in [0.25, 0.3) is 10.2 Å². The second kappa shape index (κ2) is 4.97. The molecule has 0 fully saturated rings. The first kappa shape index (κ1) is 12.9. The van der Waals surface area contributed by atoms with Gasteiger partial charge in [0.2, 0.25) is 20.3 Å². The van der Waals surface area contributed by atoms with E-state index in [0.717, 1.165) is 11.3 Å². The highest BCUT2D eigenvalue weighted by Crippen LogP contribution is 2.29. The Labute approximate surface area is 108 Å². The molecule has 0 amide bonds. The lowest BCUT2D eigenvalue weighted by Gasteiger charge is -1.95. The van der Waals surface area contributed by atoms with E-state index in [1.807, 2.05) is 6.92 Å². The van der Waals surface area contributed by atoms with E-state index in [1.165, 1.54) is 6.08 Å². The number of aliphatic imine (C=N–C) groups is 1. The Morgan fingerprint density at radius 1 is 1.44 bits per heavy atom. The Bertz CT molecular complexity index is 728. The molecule has 7 heteroatoms. The summed E-state index contributed by atoms with van der Waals surface area (Å²) in [6.45, 7) is 1.81. The van der Waals surface area contributed by atoms with E-state index in [9.17, 15) is 13.2 Å². The van der Waals surface area contributed by atoms with Crippen LogP contribution in [0.15, 0.2) is 27.5 Å². The van der Waals surface area contributed by atoms with Gasteiger partial charge in [0, 0.05) is 0 Å². The topological polar surface area (TPSA) is 76.5 Å². The summed E-state index contributed by atoms with van der Waals surface area (Å²) in [7, 11) is -3.30. The van der Waals surface area contributed by atoms with Crippen LogP contribution < -0.4 is 0 Å². The predicted octanol–water partition coefficient (Wildman–Crippen LogP) is 2.45. The number of rotatable bonds is 4. The molecule has 94 valence electrons. The Balaban J connectivity index is 2.54. The molecular formula is C11H10N2O3S2. The molecule has 2 rings (SSSR count). The minimum absolute atomic E-state index is 0.0895. The molecule has 0 saturated heterocycles. The minimum atomic E-state index is -3.30. The number of isocyanates is 1. The van der Waals surface area contributed by atoms with E-state index in [2.05, 4.69) is 9.98 Å². The van der Waals surface area contributed by atoms with Gasteiger partial charge in [0.1, 0.15) is 0 Å². The Hall–Kier alpha value is -1.56. The Kier molecular flexibility index (Phi) is 3.56. The van der Waals surface area contributed by atoms with E-state index in [1.54, 1.807) is 18.2 Å².